The minimum absolute atomic E-state index is 0.0645. The molecule has 1 fully saturated rings. The average molecular weight is 371 g/mol. The number of rotatable bonds is 7. The Bertz CT molecular complexity index is 781. The Morgan fingerprint density at radius 1 is 1.40 bits per heavy atom. The molecule has 0 aliphatic heterocycles. The maximum atomic E-state index is 12.2. The zero-order valence-corrected chi connectivity index (χ0v) is 14.5. The highest BCUT2D eigenvalue weighted by Crippen LogP contribution is 2.33. The van der Waals surface area contributed by atoms with Crippen molar-refractivity contribution in [3.05, 3.63) is 10.4 Å². The lowest BCUT2D eigenvalue weighted by Crippen LogP contribution is -2.33. The third-order valence-corrected chi connectivity index (χ3v) is 5.17. The average Bonchev–Trinajstić information content (AvgIpc) is 3.14. The van der Waals surface area contributed by atoms with Gasteiger partial charge in [-0.25, -0.2) is 9.67 Å². The molecule has 0 saturated heterocycles. The lowest BCUT2D eigenvalue weighted by atomic mass is 10.2. The molecule has 3 rings (SSSR count). The van der Waals surface area contributed by atoms with Crippen LogP contribution in [0.1, 0.15) is 25.8 Å². The van der Waals surface area contributed by atoms with Crippen LogP contribution in [0.5, 0.6) is 0 Å². The van der Waals surface area contributed by atoms with Crippen molar-refractivity contribution < 1.29 is 20.1 Å². The van der Waals surface area contributed by atoms with Crippen LogP contribution in [0.4, 0.5) is 0 Å². The third-order valence-electron chi connectivity index (χ3n) is 4.09. The number of hydrogen-bond donors (Lipinski definition) is 4. The molecule has 0 spiro atoms. The van der Waals surface area contributed by atoms with E-state index in [9.17, 15) is 15.0 Å². The molecule has 2 aromatic heterocycles. The summed E-state index contributed by atoms with van der Waals surface area (Å²) in [4.78, 5) is 19.2. The molecular formula is C14H21N5O5S. The predicted octanol–water partition coefficient (Wildman–Crippen LogP) is -0.939. The summed E-state index contributed by atoms with van der Waals surface area (Å²) < 4.78 is 6.73. The summed E-state index contributed by atoms with van der Waals surface area (Å²) in [5, 5.41) is 37.6. The van der Waals surface area contributed by atoms with Gasteiger partial charge in [-0.3, -0.25) is 9.78 Å². The highest BCUT2D eigenvalue weighted by Gasteiger charge is 2.44. The first-order valence-electron chi connectivity index (χ1n) is 8.13. The monoisotopic (exact) mass is 371 g/mol. The number of H-pyrrole nitrogens is 1. The predicted molar refractivity (Wildman–Crippen MR) is 89.5 cm³/mol. The summed E-state index contributed by atoms with van der Waals surface area (Å²) in [7, 11) is 0. The topological polar surface area (TPSA) is 146 Å². The van der Waals surface area contributed by atoms with Crippen LogP contribution >= 0.6 is 11.8 Å². The van der Waals surface area contributed by atoms with E-state index in [1.807, 2.05) is 6.92 Å². The molecule has 138 valence electrons. The van der Waals surface area contributed by atoms with E-state index in [1.54, 1.807) is 0 Å². The zero-order chi connectivity index (χ0) is 18.0. The molecule has 0 aromatic carbocycles. The van der Waals surface area contributed by atoms with Gasteiger partial charge < -0.3 is 20.1 Å². The van der Waals surface area contributed by atoms with Gasteiger partial charge in [0, 0.05) is 12.2 Å². The lowest BCUT2D eigenvalue weighted by molar-refractivity contribution is -0.0629. The van der Waals surface area contributed by atoms with Crippen LogP contribution in [-0.2, 0) is 4.74 Å². The molecule has 0 radical (unpaired) electrons. The van der Waals surface area contributed by atoms with Crippen LogP contribution in [0.2, 0.25) is 0 Å². The SMILES string of the molecule is CCCSc1nc2c(nnn2[C@@H]2C[C@H](OCCO)[C@@H](O)[C@H]2O)c(=O)[nH]1. The van der Waals surface area contributed by atoms with Crippen molar-refractivity contribution in [2.24, 2.45) is 0 Å². The molecule has 0 bridgehead atoms. The minimum Gasteiger partial charge on any atom is -0.394 e. The van der Waals surface area contributed by atoms with Crippen molar-refractivity contribution in [3.63, 3.8) is 0 Å². The van der Waals surface area contributed by atoms with E-state index < -0.39 is 29.9 Å². The van der Waals surface area contributed by atoms with Crippen molar-refractivity contribution in [3.8, 4) is 0 Å². The van der Waals surface area contributed by atoms with Gasteiger partial charge in [-0.15, -0.1) is 5.10 Å². The van der Waals surface area contributed by atoms with E-state index in [1.165, 1.54) is 16.4 Å². The number of thioether (sulfide) groups is 1. The van der Waals surface area contributed by atoms with E-state index in [0.29, 0.717) is 5.16 Å². The molecule has 1 saturated carbocycles. The van der Waals surface area contributed by atoms with Crippen molar-refractivity contribution in [1.29, 1.82) is 0 Å². The second-order valence-electron chi connectivity index (χ2n) is 5.84. The fraction of sp³-hybridized carbons (Fsp3) is 0.714. The molecule has 10 nitrogen and oxygen atoms in total. The number of aliphatic hydroxyl groups is 3. The van der Waals surface area contributed by atoms with E-state index in [0.717, 1.165) is 12.2 Å². The van der Waals surface area contributed by atoms with Crippen molar-refractivity contribution in [2.75, 3.05) is 19.0 Å². The van der Waals surface area contributed by atoms with E-state index >= 15 is 0 Å². The van der Waals surface area contributed by atoms with Crippen molar-refractivity contribution in [2.45, 2.75) is 49.3 Å². The molecule has 2 aromatic rings. The van der Waals surface area contributed by atoms with Gasteiger partial charge in [0.05, 0.1) is 25.4 Å². The van der Waals surface area contributed by atoms with Gasteiger partial charge in [-0.2, -0.15) is 0 Å². The van der Waals surface area contributed by atoms with Gasteiger partial charge in [0.15, 0.2) is 16.3 Å². The fourth-order valence-corrected chi connectivity index (χ4v) is 3.60. The van der Waals surface area contributed by atoms with Crippen LogP contribution in [0.25, 0.3) is 11.2 Å². The second kappa shape index (κ2) is 7.79. The standard InChI is InChI=1S/C14H21N5O5S/c1-2-5-25-14-15-12-9(13(23)16-14)17-18-19(12)7-6-8(24-4-3-20)11(22)10(7)21/h7-8,10-11,20-22H,2-6H2,1H3,(H,15,16,23)/t7-,8+,10+,11-/m1/s1. The fourth-order valence-electron chi connectivity index (χ4n) is 2.89. The van der Waals surface area contributed by atoms with Crippen LogP contribution in [0, 0.1) is 0 Å². The summed E-state index contributed by atoms with van der Waals surface area (Å²) >= 11 is 1.42. The maximum Gasteiger partial charge on any atom is 0.281 e. The Hall–Kier alpha value is -1.53. The molecule has 4 atom stereocenters. The Morgan fingerprint density at radius 2 is 2.20 bits per heavy atom. The van der Waals surface area contributed by atoms with Crippen molar-refractivity contribution >= 4 is 22.9 Å². The number of ether oxygens (including phenoxy) is 1. The minimum atomic E-state index is -1.14. The number of aliphatic hydroxyl groups excluding tert-OH is 3. The number of aromatic amines is 1. The summed E-state index contributed by atoms with van der Waals surface area (Å²) in [6.07, 6.45) is -1.69. The van der Waals surface area contributed by atoms with Crippen LogP contribution in [0.15, 0.2) is 9.95 Å². The van der Waals surface area contributed by atoms with E-state index in [4.69, 9.17) is 9.84 Å². The molecule has 0 amide bonds. The zero-order valence-electron chi connectivity index (χ0n) is 13.7. The quantitative estimate of drug-likeness (QED) is 0.358. The van der Waals surface area contributed by atoms with Crippen LogP contribution in [0.3, 0.4) is 0 Å². The number of nitrogens with zero attached hydrogens (tertiary/aromatic N) is 4. The molecule has 2 heterocycles. The number of nitrogens with one attached hydrogen (secondary N) is 1. The normalized spacial score (nSPS) is 26.6. The molecule has 25 heavy (non-hydrogen) atoms. The third kappa shape index (κ3) is 3.55. The van der Waals surface area contributed by atoms with Gasteiger partial charge in [-0.05, 0) is 6.42 Å². The largest absolute Gasteiger partial charge is 0.394 e. The first-order valence-corrected chi connectivity index (χ1v) is 9.12. The van der Waals surface area contributed by atoms with Gasteiger partial charge in [0.25, 0.3) is 5.56 Å². The summed E-state index contributed by atoms with van der Waals surface area (Å²) in [5.74, 6) is 0.803. The number of hydrogen-bond acceptors (Lipinski definition) is 9. The smallest absolute Gasteiger partial charge is 0.281 e. The van der Waals surface area contributed by atoms with Gasteiger partial charge in [-0.1, -0.05) is 23.9 Å². The Balaban J connectivity index is 1.93. The van der Waals surface area contributed by atoms with Crippen LogP contribution < -0.4 is 5.56 Å². The van der Waals surface area contributed by atoms with E-state index in [-0.39, 0.29) is 30.8 Å². The Labute approximate surface area is 147 Å². The molecular weight excluding hydrogens is 350 g/mol. The number of aromatic nitrogens is 5. The lowest BCUT2D eigenvalue weighted by Gasteiger charge is -2.17. The van der Waals surface area contributed by atoms with Gasteiger partial charge >= 0.3 is 0 Å². The molecule has 1 aliphatic carbocycles. The Kier molecular flexibility index (Phi) is 5.69. The van der Waals surface area contributed by atoms with Gasteiger partial charge in [0.2, 0.25) is 0 Å². The Morgan fingerprint density at radius 3 is 2.92 bits per heavy atom. The summed E-state index contributed by atoms with van der Waals surface area (Å²) in [6.45, 7) is 1.92. The first-order chi connectivity index (χ1) is 12.1. The van der Waals surface area contributed by atoms with E-state index in [2.05, 4.69) is 20.3 Å². The highest BCUT2D eigenvalue weighted by atomic mass is 32.2. The highest BCUT2D eigenvalue weighted by molar-refractivity contribution is 7.99. The number of fused-ring (bicyclic) bond motifs is 1. The summed E-state index contributed by atoms with van der Waals surface area (Å²) in [6, 6.07) is -0.623. The molecule has 0 unspecified atom stereocenters. The summed E-state index contributed by atoms with van der Waals surface area (Å²) in [5.41, 5.74) is -0.0420. The van der Waals surface area contributed by atoms with Crippen LogP contribution in [-0.4, -0.2) is 77.6 Å². The van der Waals surface area contributed by atoms with Gasteiger partial charge in [0.1, 0.15) is 12.2 Å². The van der Waals surface area contributed by atoms with Crippen molar-refractivity contribution in [1.82, 2.24) is 25.0 Å². The second-order valence-corrected chi connectivity index (χ2v) is 6.93. The maximum absolute atomic E-state index is 12.2. The molecule has 11 heteroatoms. The molecule has 1 aliphatic rings. The first kappa shape index (κ1) is 18.3. The molecule has 4 N–H and O–H groups in total.